The van der Waals surface area contributed by atoms with Gasteiger partial charge in [-0.25, -0.2) is 4.79 Å². The maximum atomic E-state index is 13.5. The molecule has 0 amide bonds. The highest BCUT2D eigenvalue weighted by Crippen LogP contribution is 2.41. The number of carbonyl (C=O) groups is 2. The normalized spacial score (nSPS) is 13.3. The van der Waals surface area contributed by atoms with Crippen LogP contribution in [0.1, 0.15) is 39.9 Å². The minimum Gasteiger partial charge on any atom is -0.352 e. The maximum Gasteiger partial charge on any atom is 0.417 e. The van der Waals surface area contributed by atoms with Gasteiger partial charge in [-0.05, 0) is 24.6 Å². The van der Waals surface area contributed by atoms with Crippen LogP contribution in [0.4, 0.5) is 26.3 Å². The molecule has 0 aliphatic rings. The van der Waals surface area contributed by atoms with E-state index in [0.717, 1.165) is 0 Å². The Morgan fingerprint density at radius 1 is 0.848 bits per heavy atom. The molecule has 3 atom stereocenters. The standard InChI is InChI=1S/C20H16F6O5.H2OP/c1-11(29-2)30-31-18(28)15(12-7-4-3-5-8-12)17(27)16-13(19(21,22)23)9-6-10-14(16)20(24,25)26;1-2/h3-11,15H,1-2H3;2H2/q;+1. The molecule has 0 aliphatic carbocycles. The Hall–Kier alpha value is -2.82. The van der Waals surface area contributed by atoms with Crippen LogP contribution < -0.4 is 0 Å². The number of alkyl halides is 6. The second-order valence-corrected chi connectivity index (χ2v) is 6.23. The van der Waals surface area contributed by atoms with E-state index in [1.165, 1.54) is 53.5 Å². The van der Waals surface area contributed by atoms with Gasteiger partial charge in [0.1, 0.15) is 5.92 Å². The van der Waals surface area contributed by atoms with Crippen molar-refractivity contribution in [2.24, 2.45) is 0 Å². The van der Waals surface area contributed by atoms with E-state index >= 15 is 0 Å². The van der Waals surface area contributed by atoms with E-state index in [1.54, 1.807) is 0 Å². The van der Waals surface area contributed by atoms with Gasteiger partial charge in [0, 0.05) is 12.7 Å². The number of benzene rings is 2. The highest BCUT2D eigenvalue weighted by Gasteiger charge is 2.45. The molecule has 3 unspecified atom stereocenters. The van der Waals surface area contributed by atoms with Gasteiger partial charge in [0.2, 0.25) is 0 Å². The predicted octanol–water partition coefficient (Wildman–Crippen LogP) is 5.36. The highest BCUT2D eigenvalue weighted by molar-refractivity contribution is 7.00. The van der Waals surface area contributed by atoms with Crippen molar-refractivity contribution in [1.82, 2.24) is 0 Å². The number of carbonyl (C=O) groups excluding carboxylic acids is 2. The summed E-state index contributed by atoms with van der Waals surface area (Å²) in [5, 5.41) is 0. The van der Waals surface area contributed by atoms with Crippen LogP contribution in [-0.2, 0) is 36.2 Å². The monoisotopic (exact) mass is 499 g/mol. The molecule has 0 fully saturated rings. The van der Waals surface area contributed by atoms with Gasteiger partial charge < -0.3 is 4.74 Å². The van der Waals surface area contributed by atoms with Crippen molar-refractivity contribution < 1.29 is 55.0 Å². The molecule has 13 heteroatoms. The summed E-state index contributed by atoms with van der Waals surface area (Å²) in [4.78, 5) is 34.6. The molecule has 0 saturated carbocycles. The lowest BCUT2D eigenvalue weighted by Crippen LogP contribution is -2.30. The largest absolute Gasteiger partial charge is 0.417 e. The van der Waals surface area contributed by atoms with Gasteiger partial charge in [0.15, 0.2) is 12.1 Å². The average Bonchev–Trinajstić information content (AvgIpc) is 2.77. The van der Waals surface area contributed by atoms with Crippen molar-refractivity contribution in [3.8, 4) is 0 Å². The SMILES string of the molecule is COC(C)OOC(=O)C(C(=O)c1c(C(F)(F)F)cccc1C(F)(F)F)c1ccccc1.O=[PH2+]. The minimum absolute atomic E-state index is 0.184. The third-order valence-corrected chi connectivity index (χ3v) is 4.15. The average molecular weight is 499 g/mol. The predicted molar refractivity (Wildman–Crippen MR) is 104 cm³/mol. The molecule has 0 N–H and O–H groups in total. The van der Waals surface area contributed by atoms with E-state index in [4.69, 9.17) is 4.57 Å². The van der Waals surface area contributed by atoms with Crippen LogP contribution in [0.25, 0.3) is 0 Å². The molecule has 0 aromatic heterocycles. The molecule has 0 radical (unpaired) electrons. The first kappa shape index (κ1) is 28.2. The number of ether oxygens (including phenoxy) is 1. The number of rotatable bonds is 7. The number of ketones is 1. The van der Waals surface area contributed by atoms with Crippen molar-refractivity contribution in [3.05, 3.63) is 70.8 Å². The van der Waals surface area contributed by atoms with Crippen LogP contribution in [-0.4, -0.2) is 25.2 Å². The fourth-order valence-corrected chi connectivity index (χ4v) is 2.68. The summed E-state index contributed by atoms with van der Waals surface area (Å²) in [6.07, 6.45) is -11.7. The van der Waals surface area contributed by atoms with Gasteiger partial charge in [-0.3, -0.25) is 9.68 Å². The molecule has 2 rings (SSSR count). The van der Waals surface area contributed by atoms with Crippen molar-refractivity contribution in [1.29, 1.82) is 0 Å². The third-order valence-electron chi connectivity index (χ3n) is 4.15. The molecular formula is C20H18F6O6P+. The fraction of sp³-hybridized carbons (Fsp3) is 0.300. The lowest BCUT2D eigenvalue weighted by atomic mass is 9.86. The van der Waals surface area contributed by atoms with Crippen LogP contribution in [0.15, 0.2) is 48.5 Å². The second-order valence-electron chi connectivity index (χ2n) is 6.23. The van der Waals surface area contributed by atoms with Crippen LogP contribution >= 0.6 is 9.12 Å². The van der Waals surface area contributed by atoms with E-state index in [0.29, 0.717) is 18.2 Å². The Kier molecular flexibility index (Phi) is 10.1. The van der Waals surface area contributed by atoms with E-state index in [2.05, 4.69) is 14.5 Å². The van der Waals surface area contributed by atoms with E-state index in [9.17, 15) is 35.9 Å². The Morgan fingerprint density at radius 2 is 1.33 bits per heavy atom. The van der Waals surface area contributed by atoms with Crippen molar-refractivity contribution in [2.45, 2.75) is 31.5 Å². The summed E-state index contributed by atoms with van der Waals surface area (Å²) in [5.41, 5.74) is -5.52. The van der Waals surface area contributed by atoms with Gasteiger partial charge in [-0.2, -0.15) is 31.2 Å². The van der Waals surface area contributed by atoms with Gasteiger partial charge in [0.25, 0.3) is 0 Å². The molecule has 0 spiro atoms. The molecule has 33 heavy (non-hydrogen) atoms. The maximum absolute atomic E-state index is 13.5. The molecular weight excluding hydrogens is 481 g/mol. The number of halogens is 6. The summed E-state index contributed by atoms with van der Waals surface area (Å²) in [6.45, 7) is 1.30. The molecule has 2 aromatic carbocycles. The number of hydrogen-bond acceptors (Lipinski definition) is 6. The Labute approximate surface area is 186 Å². The van der Waals surface area contributed by atoms with Crippen molar-refractivity contribution in [3.63, 3.8) is 0 Å². The van der Waals surface area contributed by atoms with Crippen LogP contribution in [0.5, 0.6) is 0 Å². The smallest absolute Gasteiger partial charge is 0.352 e. The minimum atomic E-state index is -5.29. The molecule has 6 nitrogen and oxygen atoms in total. The Bertz CT molecular complexity index is 916. The number of hydrogen-bond donors (Lipinski definition) is 0. The summed E-state index contributed by atoms with van der Waals surface area (Å²) in [5.74, 6) is -5.41. The second kappa shape index (κ2) is 11.9. The van der Waals surface area contributed by atoms with E-state index < -0.39 is 53.0 Å². The van der Waals surface area contributed by atoms with Crippen LogP contribution in [0.2, 0.25) is 0 Å². The first-order valence-corrected chi connectivity index (χ1v) is 9.35. The molecule has 2 aromatic rings. The zero-order valence-corrected chi connectivity index (χ0v) is 18.2. The van der Waals surface area contributed by atoms with Gasteiger partial charge in [-0.15, -0.1) is 0 Å². The highest BCUT2D eigenvalue weighted by atomic mass is 31.0. The fourth-order valence-electron chi connectivity index (χ4n) is 2.68. The van der Waals surface area contributed by atoms with Crippen molar-refractivity contribution >= 4 is 20.9 Å². The summed E-state index contributed by atoms with van der Waals surface area (Å²) < 4.78 is 93.6. The summed E-state index contributed by atoms with van der Waals surface area (Å²) in [7, 11) is 2.35. The van der Waals surface area contributed by atoms with Crippen LogP contribution in [0, 0.1) is 0 Å². The first-order chi connectivity index (χ1) is 15.4. The summed E-state index contributed by atoms with van der Waals surface area (Å²) in [6, 6.07) is 7.74. The zero-order chi connectivity index (χ0) is 25.4. The molecule has 0 heterocycles. The summed E-state index contributed by atoms with van der Waals surface area (Å²) >= 11 is 0. The zero-order valence-electron chi connectivity index (χ0n) is 17.1. The molecule has 0 saturated heterocycles. The Balaban J connectivity index is 0.00000265. The van der Waals surface area contributed by atoms with Gasteiger partial charge >= 0.3 is 27.4 Å². The molecule has 180 valence electrons. The van der Waals surface area contributed by atoms with Gasteiger partial charge in [0.05, 0.1) is 11.1 Å². The third kappa shape index (κ3) is 7.34. The number of methoxy groups -OCH3 is 1. The number of Topliss-reactive ketones (excluding diaryl/α,β-unsaturated/α-hetero) is 1. The quantitative estimate of drug-likeness (QED) is 0.0971. The van der Waals surface area contributed by atoms with E-state index in [-0.39, 0.29) is 5.56 Å². The topological polar surface area (TPSA) is 78.9 Å². The lowest BCUT2D eigenvalue weighted by Gasteiger charge is -2.21. The molecule has 0 bridgehead atoms. The van der Waals surface area contributed by atoms with Crippen molar-refractivity contribution in [2.75, 3.05) is 7.11 Å². The Morgan fingerprint density at radius 3 is 1.76 bits per heavy atom. The van der Waals surface area contributed by atoms with E-state index in [1.807, 2.05) is 0 Å². The first-order valence-electron chi connectivity index (χ1n) is 8.88. The lowest BCUT2D eigenvalue weighted by molar-refractivity contribution is -0.342. The molecule has 0 aliphatic heterocycles. The van der Waals surface area contributed by atoms with Crippen LogP contribution in [0.3, 0.4) is 0 Å². The van der Waals surface area contributed by atoms with Gasteiger partial charge in [-0.1, -0.05) is 41.0 Å².